The molecular formula is C26H30O2. The van der Waals surface area contributed by atoms with Gasteiger partial charge in [-0.15, -0.1) is 6.42 Å². The molecule has 28 heavy (non-hydrogen) atoms. The molecule has 4 rings (SSSR count). The molecule has 1 heterocycles. The molecule has 2 heteroatoms. The van der Waals surface area contributed by atoms with Gasteiger partial charge in [0.05, 0.1) is 0 Å². The summed E-state index contributed by atoms with van der Waals surface area (Å²) in [6, 6.07) is 10.6. The Hall–Kier alpha value is -2.11. The van der Waals surface area contributed by atoms with Gasteiger partial charge in [-0.3, -0.25) is 4.79 Å². The Kier molecular flexibility index (Phi) is 6.13. The third-order valence-electron chi connectivity index (χ3n) is 7.01. The summed E-state index contributed by atoms with van der Waals surface area (Å²) in [5.74, 6) is 4.98. The summed E-state index contributed by atoms with van der Waals surface area (Å²) >= 11 is 0. The van der Waals surface area contributed by atoms with E-state index in [9.17, 15) is 4.79 Å². The first-order chi connectivity index (χ1) is 13.8. The van der Waals surface area contributed by atoms with Crippen LogP contribution in [-0.4, -0.2) is 19.5 Å². The first-order valence-corrected chi connectivity index (χ1v) is 10.9. The summed E-state index contributed by atoms with van der Waals surface area (Å²) in [5, 5.41) is 2.10. The second kappa shape index (κ2) is 8.93. The van der Waals surface area contributed by atoms with Gasteiger partial charge in [-0.25, -0.2) is 0 Å². The van der Waals surface area contributed by atoms with Crippen LogP contribution in [0.3, 0.4) is 0 Å². The van der Waals surface area contributed by atoms with Gasteiger partial charge in [0.25, 0.3) is 0 Å². The van der Waals surface area contributed by atoms with Crippen molar-refractivity contribution in [3.8, 4) is 12.3 Å². The number of hydrogen-bond acceptors (Lipinski definition) is 2. The van der Waals surface area contributed by atoms with Crippen LogP contribution in [0.4, 0.5) is 0 Å². The van der Waals surface area contributed by atoms with Crippen molar-refractivity contribution in [2.75, 3.05) is 13.2 Å². The molecule has 0 spiro atoms. The second-order valence-corrected chi connectivity index (χ2v) is 8.54. The molecule has 146 valence electrons. The van der Waals surface area contributed by atoms with E-state index < -0.39 is 0 Å². The molecular weight excluding hydrogens is 344 g/mol. The van der Waals surface area contributed by atoms with E-state index in [0.29, 0.717) is 17.0 Å². The zero-order valence-corrected chi connectivity index (χ0v) is 16.7. The number of aldehydes is 1. The topological polar surface area (TPSA) is 26.3 Å². The van der Waals surface area contributed by atoms with Crippen LogP contribution in [0.1, 0.15) is 78.8 Å². The molecule has 3 atom stereocenters. The maximum Gasteiger partial charge on any atom is 0.151 e. The zero-order chi connectivity index (χ0) is 19.3. The Morgan fingerprint density at radius 2 is 1.79 bits per heavy atom. The van der Waals surface area contributed by atoms with Crippen LogP contribution < -0.4 is 0 Å². The molecule has 2 nitrogen and oxygen atoms in total. The number of rotatable bonds is 3. The highest BCUT2D eigenvalue weighted by molar-refractivity contribution is 6.00. The summed E-state index contributed by atoms with van der Waals surface area (Å²) < 4.78 is 5.68. The van der Waals surface area contributed by atoms with Crippen molar-refractivity contribution >= 4 is 17.1 Å². The van der Waals surface area contributed by atoms with Crippen molar-refractivity contribution in [1.82, 2.24) is 0 Å². The minimum absolute atomic E-state index is 0.628. The minimum atomic E-state index is 0.628. The molecule has 0 amide bonds. The molecule has 0 N–H and O–H groups in total. The number of carbonyl (C=O) groups excluding carboxylic acids is 1. The summed E-state index contributed by atoms with van der Waals surface area (Å²) in [6.45, 7) is 1.90. The third kappa shape index (κ3) is 4.01. The van der Waals surface area contributed by atoms with Crippen LogP contribution in [0, 0.1) is 24.2 Å². The summed E-state index contributed by atoms with van der Waals surface area (Å²) in [6.07, 6.45) is 16.8. The highest BCUT2D eigenvalue weighted by atomic mass is 16.5. The molecule has 1 aliphatic heterocycles. The molecule has 3 unspecified atom stereocenters. The van der Waals surface area contributed by atoms with Gasteiger partial charge in [-0.05, 0) is 78.7 Å². The number of hydrogen-bond donors (Lipinski definition) is 0. The van der Waals surface area contributed by atoms with E-state index in [4.69, 9.17) is 11.2 Å². The first-order valence-electron chi connectivity index (χ1n) is 10.9. The molecule has 2 aliphatic rings. The van der Waals surface area contributed by atoms with Crippen molar-refractivity contribution in [3.05, 3.63) is 47.0 Å². The highest BCUT2D eigenvalue weighted by Crippen LogP contribution is 2.40. The Labute approximate surface area is 168 Å². The normalized spacial score (nSPS) is 26.2. The minimum Gasteiger partial charge on any atom is -0.381 e. The van der Waals surface area contributed by atoms with Crippen molar-refractivity contribution in [1.29, 1.82) is 0 Å². The van der Waals surface area contributed by atoms with Crippen LogP contribution in [0.25, 0.3) is 10.8 Å². The van der Waals surface area contributed by atoms with Gasteiger partial charge in [0.1, 0.15) is 0 Å². The Morgan fingerprint density at radius 1 is 0.929 bits per heavy atom. The largest absolute Gasteiger partial charge is 0.381 e. The second-order valence-electron chi connectivity index (χ2n) is 8.54. The smallest absolute Gasteiger partial charge is 0.151 e. The average Bonchev–Trinajstić information content (AvgIpc) is 3.15. The Morgan fingerprint density at radius 3 is 2.64 bits per heavy atom. The molecule has 1 saturated carbocycles. The van der Waals surface area contributed by atoms with E-state index in [-0.39, 0.29) is 0 Å². The fourth-order valence-corrected chi connectivity index (χ4v) is 5.41. The fraction of sp³-hybridized carbons (Fsp3) is 0.500. The van der Waals surface area contributed by atoms with Gasteiger partial charge in [0, 0.05) is 24.3 Å². The van der Waals surface area contributed by atoms with E-state index >= 15 is 0 Å². The molecule has 2 aromatic rings. The van der Waals surface area contributed by atoms with E-state index in [0.717, 1.165) is 42.1 Å². The summed E-state index contributed by atoms with van der Waals surface area (Å²) in [5.41, 5.74) is 2.74. The van der Waals surface area contributed by atoms with Crippen molar-refractivity contribution in [2.45, 2.75) is 57.3 Å². The van der Waals surface area contributed by atoms with Crippen molar-refractivity contribution in [3.63, 3.8) is 0 Å². The summed E-state index contributed by atoms with van der Waals surface area (Å²) in [7, 11) is 0. The number of fused-ring (bicyclic) bond motifs is 1. The lowest BCUT2D eigenvalue weighted by molar-refractivity contribution is 0.112. The molecule has 2 aromatic carbocycles. The van der Waals surface area contributed by atoms with Crippen LogP contribution >= 0.6 is 0 Å². The van der Waals surface area contributed by atoms with Gasteiger partial charge in [-0.2, -0.15) is 0 Å². The molecule has 1 aliphatic carbocycles. The maximum atomic E-state index is 11.5. The number of benzene rings is 2. The zero-order valence-electron chi connectivity index (χ0n) is 16.7. The van der Waals surface area contributed by atoms with Gasteiger partial charge >= 0.3 is 0 Å². The van der Waals surface area contributed by atoms with E-state index in [1.807, 2.05) is 6.07 Å². The van der Waals surface area contributed by atoms with Gasteiger partial charge in [0.2, 0.25) is 0 Å². The summed E-state index contributed by atoms with van der Waals surface area (Å²) in [4.78, 5) is 11.5. The number of carbonyl (C=O) groups is 1. The fourth-order valence-electron chi connectivity index (χ4n) is 5.41. The molecule has 2 fully saturated rings. The van der Waals surface area contributed by atoms with Crippen LogP contribution in [-0.2, 0) is 4.74 Å². The van der Waals surface area contributed by atoms with Gasteiger partial charge in [-0.1, -0.05) is 43.0 Å². The van der Waals surface area contributed by atoms with Gasteiger partial charge < -0.3 is 4.74 Å². The van der Waals surface area contributed by atoms with Gasteiger partial charge in [0.15, 0.2) is 6.29 Å². The lowest BCUT2D eigenvalue weighted by atomic mass is 9.81. The van der Waals surface area contributed by atoms with Crippen LogP contribution in [0.15, 0.2) is 30.3 Å². The predicted octanol–water partition coefficient (Wildman–Crippen LogP) is 6.11. The van der Waals surface area contributed by atoms with Crippen molar-refractivity contribution in [2.24, 2.45) is 11.8 Å². The van der Waals surface area contributed by atoms with Crippen LogP contribution in [0.5, 0.6) is 0 Å². The standard InChI is InChI=1S/C26H30O2/c1-2-19-8-11-24-17-23(12-13-25(24)26(19)18-27)21-6-3-5-20(9-10-21)22-7-4-15-28-16-14-22/h1,8,11-13,17-18,20-22H,3-7,9-10,14-16H2. The SMILES string of the molecule is C#Cc1ccc2cc(C3CCCC(C4CCCOCC4)CC3)ccc2c1C=O. The molecule has 1 saturated heterocycles. The Balaban J connectivity index is 1.52. The Bertz CT molecular complexity index is 868. The average molecular weight is 375 g/mol. The highest BCUT2D eigenvalue weighted by Gasteiger charge is 2.27. The van der Waals surface area contributed by atoms with E-state index in [1.54, 1.807) is 0 Å². The number of terminal acetylenes is 1. The van der Waals surface area contributed by atoms with Crippen molar-refractivity contribution < 1.29 is 9.53 Å². The first kappa shape index (κ1) is 19.2. The van der Waals surface area contributed by atoms with E-state index in [2.05, 4.69) is 30.2 Å². The third-order valence-corrected chi connectivity index (χ3v) is 7.01. The lowest BCUT2D eigenvalue weighted by Gasteiger charge is -2.24. The predicted molar refractivity (Wildman–Crippen MR) is 115 cm³/mol. The number of ether oxygens (including phenoxy) is 1. The molecule has 0 radical (unpaired) electrons. The molecule has 0 bridgehead atoms. The quantitative estimate of drug-likeness (QED) is 0.368. The maximum absolute atomic E-state index is 11.5. The lowest BCUT2D eigenvalue weighted by Crippen LogP contribution is -2.15. The van der Waals surface area contributed by atoms with Crippen LogP contribution in [0.2, 0.25) is 0 Å². The van der Waals surface area contributed by atoms with E-state index in [1.165, 1.54) is 56.9 Å². The molecule has 0 aromatic heterocycles. The monoisotopic (exact) mass is 374 g/mol.